The molecule has 0 saturated heterocycles. The normalized spacial score (nSPS) is 22.3. The number of amides is 1. The number of nitrogens with one attached hydrogen (secondary N) is 1. The molecule has 0 aromatic heterocycles. The van der Waals surface area contributed by atoms with Gasteiger partial charge in [-0.3, -0.25) is 9.59 Å². The standard InChI is InChI=1S/C15H18ClNO3/c1-9-5-6-11(16)8-13(9)14(18)17-12-4-2-3-10(7-12)15(19)20/h5-6,8,10,12H,2-4,7H2,1H3,(H,17,18)(H,19,20). The fraction of sp³-hybridized carbons (Fsp3) is 0.467. The summed E-state index contributed by atoms with van der Waals surface area (Å²) in [4.78, 5) is 23.3. The lowest BCUT2D eigenvalue weighted by Gasteiger charge is -2.27. The summed E-state index contributed by atoms with van der Waals surface area (Å²) in [5.74, 6) is -1.31. The molecule has 1 aliphatic carbocycles. The van der Waals surface area contributed by atoms with Gasteiger partial charge in [-0.2, -0.15) is 0 Å². The Morgan fingerprint density at radius 3 is 2.80 bits per heavy atom. The minimum atomic E-state index is -0.775. The Morgan fingerprint density at radius 1 is 1.35 bits per heavy atom. The number of aliphatic carboxylic acids is 1. The van der Waals surface area contributed by atoms with Crippen molar-refractivity contribution in [2.75, 3.05) is 0 Å². The van der Waals surface area contributed by atoms with E-state index in [0.29, 0.717) is 23.4 Å². The quantitative estimate of drug-likeness (QED) is 0.901. The largest absolute Gasteiger partial charge is 0.481 e. The van der Waals surface area contributed by atoms with E-state index in [0.717, 1.165) is 18.4 Å². The molecule has 108 valence electrons. The van der Waals surface area contributed by atoms with Gasteiger partial charge in [0.15, 0.2) is 0 Å². The van der Waals surface area contributed by atoms with Gasteiger partial charge in [0, 0.05) is 16.6 Å². The van der Waals surface area contributed by atoms with Gasteiger partial charge in [0.2, 0.25) is 0 Å². The highest BCUT2D eigenvalue weighted by Gasteiger charge is 2.28. The van der Waals surface area contributed by atoms with Crippen molar-refractivity contribution in [3.8, 4) is 0 Å². The molecule has 2 unspecified atom stereocenters. The molecule has 20 heavy (non-hydrogen) atoms. The maximum atomic E-state index is 12.2. The number of carbonyl (C=O) groups is 2. The Bertz CT molecular complexity index is 530. The number of aryl methyl sites for hydroxylation is 1. The van der Waals surface area contributed by atoms with Crippen LogP contribution < -0.4 is 5.32 Å². The van der Waals surface area contributed by atoms with E-state index in [2.05, 4.69) is 5.32 Å². The molecule has 2 N–H and O–H groups in total. The molecule has 1 aliphatic rings. The van der Waals surface area contributed by atoms with Crippen LogP contribution in [0.25, 0.3) is 0 Å². The Morgan fingerprint density at radius 2 is 2.10 bits per heavy atom. The number of halogens is 1. The molecule has 4 nitrogen and oxygen atoms in total. The molecule has 5 heteroatoms. The van der Waals surface area contributed by atoms with Crippen LogP contribution >= 0.6 is 11.6 Å². The summed E-state index contributed by atoms with van der Waals surface area (Å²) in [6.07, 6.45) is 2.85. The second-order valence-electron chi connectivity index (χ2n) is 5.33. The minimum absolute atomic E-state index is 0.0734. The number of benzene rings is 1. The van der Waals surface area contributed by atoms with Crippen LogP contribution in [-0.4, -0.2) is 23.0 Å². The highest BCUT2D eigenvalue weighted by Crippen LogP contribution is 2.25. The van der Waals surface area contributed by atoms with E-state index in [-0.39, 0.29) is 17.9 Å². The van der Waals surface area contributed by atoms with Crippen LogP contribution in [-0.2, 0) is 4.79 Å². The van der Waals surface area contributed by atoms with E-state index in [1.54, 1.807) is 18.2 Å². The summed E-state index contributed by atoms with van der Waals surface area (Å²) >= 11 is 5.91. The molecule has 2 rings (SSSR count). The maximum absolute atomic E-state index is 12.2. The molecular weight excluding hydrogens is 278 g/mol. The zero-order chi connectivity index (χ0) is 14.7. The highest BCUT2D eigenvalue weighted by molar-refractivity contribution is 6.31. The number of hydrogen-bond donors (Lipinski definition) is 2. The van der Waals surface area contributed by atoms with E-state index < -0.39 is 5.97 Å². The van der Waals surface area contributed by atoms with E-state index >= 15 is 0 Å². The number of carboxylic acids is 1. The van der Waals surface area contributed by atoms with E-state index in [9.17, 15) is 9.59 Å². The Kier molecular flexibility index (Phi) is 4.65. The Hall–Kier alpha value is -1.55. The molecule has 1 aromatic rings. The number of hydrogen-bond acceptors (Lipinski definition) is 2. The first-order chi connectivity index (χ1) is 9.47. The SMILES string of the molecule is Cc1ccc(Cl)cc1C(=O)NC1CCCC(C(=O)O)C1. The molecule has 0 heterocycles. The molecule has 2 atom stereocenters. The fourth-order valence-corrected chi connectivity index (χ4v) is 2.82. The van der Waals surface area contributed by atoms with Crippen LogP contribution in [0.2, 0.25) is 5.02 Å². The number of rotatable bonds is 3. The number of carboxylic acid groups (broad SMARTS) is 1. The van der Waals surface area contributed by atoms with Crippen LogP contribution in [0.4, 0.5) is 0 Å². The average Bonchev–Trinajstić information content (AvgIpc) is 2.41. The van der Waals surface area contributed by atoms with Gasteiger partial charge in [0.25, 0.3) is 5.91 Å². The molecule has 1 saturated carbocycles. The zero-order valence-electron chi connectivity index (χ0n) is 11.4. The summed E-state index contributed by atoms with van der Waals surface area (Å²) in [6, 6.07) is 5.12. The summed E-state index contributed by atoms with van der Waals surface area (Å²) in [5.41, 5.74) is 1.41. The molecule has 1 aromatic carbocycles. The Labute approximate surface area is 123 Å². The first-order valence-corrected chi connectivity index (χ1v) is 7.15. The smallest absolute Gasteiger partial charge is 0.306 e. The third-order valence-electron chi connectivity index (χ3n) is 3.80. The van der Waals surface area contributed by atoms with Crippen LogP contribution in [0.1, 0.15) is 41.6 Å². The monoisotopic (exact) mass is 295 g/mol. The van der Waals surface area contributed by atoms with Gasteiger partial charge < -0.3 is 10.4 Å². The third-order valence-corrected chi connectivity index (χ3v) is 4.04. The third kappa shape index (κ3) is 3.51. The van der Waals surface area contributed by atoms with E-state index in [1.807, 2.05) is 6.92 Å². The summed E-state index contributed by atoms with van der Waals surface area (Å²) in [6.45, 7) is 1.85. The second-order valence-corrected chi connectivity index (χ2v) is 5.77. The van der Waals surface area contributed by atoms with Gasteiger partial charge in [-0.15, -0.1) is 0 Å². The van der Waals surface area contributed by atoms with Gasteiger partial charge in [-0.1, -0.05) is 24.1 Å². The van der Waals surface area contributed by atoms with Crippen molar-refractivity contribution in [1.29, 1.82) is 0 Å². The molecule has 1 amide bonds. The maximum Gasteiger partial charge on any atom is 0.306 e. The van der Waals surface area contributed by atoms with Gasteiger partial charge in [-0.25, -0.2) is 0 Å². The predicted molar refractivity (Wildman–Crippen MR) is 77.0 cm³/mol. The fourth-order valence-electron chi connectivity index (χ4n) is 2.65. The zero-order valence-corrected chi connectivity index (χ0v) is 12.1. The molecule has 0 spiro atoms. The topological polar surface area (TPSA) is 66.4 Å². The highest BCUT2D eigenvalue weighted by atomic mass is 35.5. The van der Waals surface area contributed by atoms with Gasteiger partial charge in [0.1, 0.15) is 0 Å². The lowest BCUT2D eigenvalue weighted by Crippen LogP contribution is -2.40. The van der Waals surface area contributed by atoms with Crippen LogP contribution in [0.3, 0.4) is 0 Å². The van der Waals surface area contributed by atoms with Crippen molar-refractivity contribution >= 4 is 23.5 Å². The second kappa shape index (κ2) is 6.27. The molecule has 0 radical (unpaired) electrons. The van der Waals surface area contributed by atoms with Gasteiger partial charge >= 0.3 is 5.97 Å². The first-order valence-electron chi connectivity index (χ1n) is 6.77. The van der Waals surface area contributed by atoms with Crippen molar-refractivity contribution in [2.45, 2.75) is 38.6 Å². The molecule has 0 aliphatic heterocycles. The van der Waals surface area contributed by atoms with Gasteiger partial charge in [0.05, 0.1) is 5.92 Å². The van der Waals surface area contributed by atoms with Crippen molar-refractivity contribution in [2.24, 2.45) is 5.92 Å². The van der Waals surface area contributed by atoms with Crippen molar-refractivity contribution in [3.63, 3.8) is 0 Å². The molecular formula is C15H18ClNO3. The van der Waals surface area contributed by atoms with Crippen LogP contribution in [0, 0.1) is 12.8 Å². The van der Waals surface area contributed by atoms with Crippen LogP contribution in [0.5, 0.6) is 0 Å². The Balaban J connectivity index is 2.04. The van der Waals surface area contributed by atoms with Gasteiger partial charge in [-0.05, 0) is 43.9 Å². The van der Waals surface area contributed by atoms with Crippen molar-refractivity contribution < 1.29 is 14.7 Å². The lowest BCUT2D eigenvalue weighted by atomic mass is 9.85. The average molecular weight is 296 g/mol. The summed E-state index contributed by atoms with van der Waals surface area (Å²) in [7, 11) is 0. The first kappa shape index (κ1) is 14.9. The lowest BCUT2D eigenvalue weighted by molar-refractivity contribution is -0.143. The van der Waals surface area contributed by atoms with Crippen LogP contribution in [0.15, 0.2) is 18.2 Å². The predicted octanol–water partition coefficient (Wildman–Crippen LogP) is 3.02. The molecule has 0 bridgehead atoms. The van der Waals surface area contributed by atoms with E-state index in [1.165, 1.54) is 0 Å². The van der Waals surface area contributed by atoms with Crippen molar-refractivity contribution in [1.82, 2.24) is 5.32 Å². The summed E-state index contributed by atoms with van der Waals surface area (Å²) < 4.78 is 0. The molecule has 1 fully saturated rings. The minimum Gasteiger partial charge on any atom is -0.481 e. The number of carbonyl (C=O) groups excluding carboxylic acids is 1. The van der Waals surface area contributed by atoms with Crippen molar-refractivity contribution in [3.05, 3.63) is 34.3 Å². The summed E-state index contributed by atoms with van der Waals surface area (Å²) in [5, 5.41) is 12.5. The van der Waals surface area contributed by atoms with E-state index in [4.69, 9.17) is 16.7 Å².